The third-order valence-corrected chi connectivity index (χ3v) is 3.67. The Labute approximate surface area is 107 Å². The van der Waals surface area contributed by atoms with Crippen molar-refractivity contribution in [3.63, 3.8) is 0 Å². The van der Waals surface area contributed by atoms with E-state index in [9.17, 15) is 0 Å². The largest absolute Gasteiger partial charge is 0.379 e. The molecule has 0 spiro atoms. The molecule has 2 atom stereocenters. The molecule has 0 aromatic rings. The smallest absolute Gasteiger partial charge is 0.104 e. The molecule has 1 fully saturated rings. The van der Waals surface area contributed by atoms with Crippen LogP contribution in [0.15, 0.2) is 0 Å². The lowest BCUT2D eigenvalue weighted by Gasteiger charge is -2.14. The molecule has 1 aliphatic rings. The fraction of sp³-hybridized carbons (Fsp3) is 1.00. The summed E-state index contributed by atoms with van der Waals surface area (Å²) in [6, 6.07) is 0. The minimum Gasteiger partial charge on any atom is -0.379 e. The number of epoxide rings is 1. The molecule has 2 nitrogen and oxygen atoms in total. The van der Waals surface area contributed by atoms with Crippen LogP contribution in [0.25, 0.3) is 0 Å². The fourth-order valence-electron chi connectivity index (χ4n) is 2.22. The Bertz CT molecular complexity index is 166. The molecule has 1 rings (SSSR count). The quantitative estimate of drug-likeness (QED) is 0.378. The van der Waals surface area contributed by atoms with Crippen LogP contribution in [0.2, 0.25) is 0 Å². The Hall–Kier alpha value is -0.0800. The van der Waals surface area contributed by atoms with Crippen molar-refractivity contribution < 1.29 is 9.47 Å². The summed E-state index contributed by atoms with van der Waals surface area (Å²) in [7, 11) is 0. The van der Waals surface area contributed by atoms with Crippen molar-refractivity contribution in [1.82, 2.24) is 0 Å². The third-order valence-electron chi connectivity index (χ3n) is 3.67. The van der Waals surface area contributed by atoms with Gasteiger partial charge in [-0.2, -0.15) is 0 Å². The molecule has 102 valence electrons. The van der Waals surface area contributed by atoms with E-state index in [1.807, 2.05) is 0 Å². The fourth-order valence-corrected chi connectivity index (χ4v) is 2.22. The summed E-state index contributed by atoms with van der Waals surface area (Å²) in [5, 5.41) is 0. The van der Waals surface area contributed by atoms with E-state index in [0.29, 0.717) is 6.10 Å². The monoisotopic (exact) mass is 242 g/mol. The Morgan fingerprint density at radius 3 is 2.53 bits per heavy atom. The first-order valence-electron chi connectivity index (χ1n) is 7.56. The van der Waals surface area contributed by atoms with Gasteiger partial charge in [0.15, 0.2) is 0 Å². The molecule has 0 saturated carbocycles. The Morgan fingerprint density at radius 1 is 1.12 bits per heavy atom. The van der Waals surface area contributed by atoms with Gasteiger partial charge in [0, 0.05) is 6.61 Å². The first-order chi connectivity index (χ1) is 8.36. The van der Waals surface area contributed by atoms with E-state index in [4.69, 9.17) is 9.47 Å². The second-order valence-electron chi connectivity index (χ2n) is 5.30. The average Bonchev–Trinajstić information content (AvgIpc) is 3.15. The van der Waals surface area contributed by atoms with Gasteiger partial charge in [-0.1, -0.05) is 58.8 Å². The summed E-state index contributed by atoms with van der Waals surface area (Å²) in [6.07, 6.45) is 11.3. The average molecular weight is 242 g/mol. The van der Waals surface area contributed by atoms with Gasteiger partial charge in [-0.05, 0) is 12.3 Å². The van der Waals surface area contributed by atoms with Crippen molar-refractivity contribution >= 4 is 0 Å². The maximum absolute atomic E-state index is 5.61. The summed E-state index contributed by atoms with van der Waals surface area (Å²) in [5.74, 6) is 0.872. The van der Waals surface area contributed by atoms with Crippen LogP contribution in [0.5, 0.6) is 0 Å². The van der Waals surface area contributed by atoms with Gasteiger partial charge in [0.25, 0.3) is 0 Å². The highest BCUT2D eigenvalue weighted by Crippen LogP contribution is 2.18. The highest BCUT2D eigenvalue weighted by Gasteiger charge is 2.22. The summed E-state index contributed by atoms with van der Waals surface area (Å²) in [4.78, 5) is 0. The van der Waals surface area contributed by atoms with E-state index in [0.717, 1.165) is 25.7 Å². The van der Waals surface area contributed by atoms with Crippen LogP contribution in [0, 0.1) is 5.92 Å². The molecule has 0 bridgehead atoms. The third kappa shape index (κ3) is 8.62. The predicted octanol–water partition coefficient (Wildman–Crippen LogP) is 4.18. The molecular formula is C15H30O2. The topological polar surface area (TPSA) is 21.8 Å². The first-order valence-corrected chi connectivity index (χ1v) is 7.56. The van der Waals surface area contributed by atoms with E-state index >= 15 is 0 Å². The highest BCUT2D eigenvalue weighted by molar-refractivity contribution is 4.67. The lowest BCUT2D eigenvalue weighted by Crippen LogP contribution is -2.08. The van der Waals surface area contributed by atoms with Crippen molar-refractivity contribution in [2.24, 2.45) is 5.92 Å². The van der Waals surface area contributed by atoms with Gasteiger partial charge >= 0.3 is 0 Å². The molecule has 0 radical (unpaired) electrons. The van der Waals surface area contributed by atoms with Crippen molar-refractivity contribution in [3.05, 3.63) is 0 Å². The molecule has 17 heavy (non-hydrogen) atoms. The first kappa shape index (κ1) is 15.0. The molecule has 2 heteroatoms. The minimum absolute atomic E-state index is 0.420. The van der Waals surface area contributed by atoms with E-state index < -0.39 is 0 Å². The molecule has 0 aromatic carbocycles. The minimum atomic E-state index is 0.420. The predicted molar refractivity (Wildman–Crippen MR) is 72.3 cm³/mol. The summed E-state index contributed by atoms with van der Waals surface area (Å²) in [5.41, 5.74) is 0. The lowest BCUT2D eigenvalue weighted by molar-refractivity contribution is 0.102. The summed E-state index contributed by atoms with van der Waals surface area (Å²) < 4.78 is 10.7. The SMILES string of the molecule is CCCCCCCC(CC)CCOCC1CO1. The maximum atomic E-state index is 5.61. The van der Waals surface area contributed by atoms with Crippen LogP contribution in [0.4, 0.5) is 0 Å². The molecule has 1 heterocycles. The van der Waals surface area contributed by atoms with Crippen LogP contribution < -0.4 is 0 Å². The second kappa shape index (κ2) is 9.90. The van der Waals surface area contributed by atoms with Gasteiger partial charge in [0.2, 0.25) is 0 Å². The normalized spacial score (nSPS) is 20.5. The van der Waals surface area contributed by atoms with Crippen LogP contribution in [0.1, 0.15) is 65.2 Å². The number of ether oxygens (including phenoxy) is 2. The number of rotatable bonds is 12. The standard InChI is InChI=1S/C15H30O2/c1-3-5-6-7-8-9-14(4-2)10-11-16-12-15-13-17-15/h14-15H,3-13H2,1-2H3. The van der Waals surface area contributed by atoms with E-state index in [1.165, 1.54) is 51.4 Å². The second-order valence-corrected chi connectivity index (χ2v) is 5.30. The van der Waals surface area contributed by atoms with Crippen molar-refractivity contribution in [2.45, 2.75) is 71.3 Å². The van der Waals surface area contributed by atoms with Crippen molar-refractivity contribution in [2.75, 3.05) is 19.8 Å². The number of unbranched alkanes of at least 4 members (excludes halogenated alkanes) is 4. The molecule has 0 N–H and O–H groups in total. The number of hydrogen-bond donors (Lipinski definition) is 0. The molecule has 2 unspecified atom stereocenters. The van der Waals surface area contributed by atoms with Crippen LogP contribution in [-0.4, -0.2) is 25.9 Å². The van der Waals surface area contributed by atoms with E-state index in [2.05, 4.69) is 13.8 Å². The van der Waals surface area contributed by atoms with Gasteiger partial charge in [-0.15, -0.1) is 0 Å². The molecule has 1 aliphatic heterocycles. The van der Waals surface area contributed by atoms with Crippen LogP contribution in [-0.2, 0) is 9.47 Å². The summed E-state index contributed by atoms with van der Waals surface area (Å²) in [6.45, 7) is 7.23. The zero-order chi connectivity index (χ0) is 12.3. The maximum Gasteiger partial charge on any atom is 0.104 e. The Morgan fingerprint density at radius 2 is 1.88 bits per heavy atom. The van der Waals surface area contributed by atoms with Crippen LogP contribution in [0.3, 0.4) is 0 Å². The summed E-state index contributed by atoms with van der Waals surface area (Å²) >= 11 is 0. The molecule has 0 amide bonds. The Kier molecular flexibility index (Phi) is 8.72. The number of hydrogen-bond acceptors (Lipinski definition) is 2. The zero-order valence-electron chi connectivity index (χ0n) is 11.7. The van der Waals surface area contributed by atoms with Gasteiger partial charge in [-0.25, -0.2) is 0 Å². The molecular weight excluding hydrogens is 212 g/mol. The van der Waals surface area contributed by atoms with Crippen LogP contribution >= 0.6 is 0 Å². The van der Waals surface area contributed by atoms with Gasteiger partial charge in [-0.3, -0.25) is 0 Å². The lowest BCUT2D eigenvalue weighted by atomic mass is 9.95. The molecule has 0 aromatic heterocycles. The van der Waals surface area contributed by atoms with Gasteiger partial charge in [0.1, 0.15) is 6.10 Å². The van der Waals surface area contributed by atoms with Crippen molar-refractivity contribution in [1.29, 1.82) is 0 Å². The molecule has 0 aliphatic carbocycles. The Balaban J connectivity index is 1.86. The van der Waals surface area contributed by atoms with Gasteiger partial charge < -0.3 is 9.47 Å². The highest BCUT2D eigenvalue weighted by atomic mass is 16.6. The van der Waals surface area contributed by atoms with E-state index in [-0.39, 0.29) is 0 Å². The van der Waals surface area contributed by atoms with Crippen molar-refractivity contribution in [3.8, 4) is 0 Å². The zero-order valence-corrected chi connectivity index (χ0v) is 11.7. The van der Waals surface area contributed by atoms with Gasteiger partial charge in [0.05, 0.1) is 13.2 Å². The van der Waals surface area contributed by atoms with E-state index in [1.54, 1.807) is 0 Å². The molecule has 1 saturated heterocycles.